The maximum absolute atomic E-state index is 12.7. The summed E-state index contributed by atoms with van der Waals surface area (Å²) in [4.78, 5) is 21.0. The first kappa shape index (κ1) is 14.8. The number of alkyl halides is 2. The van der Waals surface area contributed by atoms with E-state index >= 15 is 0 Å². The minimum absolute atomic E-state index is 0.0380. The van der Waals surface area contributed by atoms with Crippen LogP contribution in [0, 0.1) is 0 Å². The van der Waals surface area contributed by atoms with E-state index in [0.29, 0.717) is 32.7 Å². The SMILES string of the molecule is O=c1[nH]c2cc3c(Cl)c(-c4ccc(C(F)F)cc4)ccc3nc2[nH]1. The molecule has 2 aromatic carbocycles. The van der Waals surface area contributed by atoms with Crippen LogP contribution in [0.25, 0.3) is 33.2 Å². The quantitative estimate of drug-likeness (QED) is 0.555. The minimum Gasteiger partial charge on any atom is -0.304 e. The largest absolute Gasteiger partial charge is 0.325 e. The highest BCUT2D eigenvalue weighted by atomic mass is 35.5. The van der Waals surface area contributed by atoms with Crippen LogP contribution in [-0.2, 0) is 0 Å². The highest BCUT2D eigenvalue weighted by Crippen LogP contribution is 2.35. The average molecular weight is 346 g/mol. The van der Waals surface area contributed by atoms with Gasteiger partial charge in [0.1, 0.15) is 0 Å². The van der Waals surface area contributed by atoms with Crippen LogP contribution in [-0.4, -0.2) is 15.0 Å². The topological polar surface area (TPSA) is 61.5 Å². The molecule has 0 unspecified atom stereocenters. The molecule has 2 heterocycles. The molecular weight excluding hydrogens is 336 g/mol. The Hall–Kier alpha value is -2.73. The van der Waals surface area contributed by atoms with Gasteiger partial charge in [0.15, 0.2) is 5.65 Å². The van der Waals surface area contributed by atoms with E-state index in [-0.39, 0.29) is 11.3 Å². The number of hydrogen-bond acceptors (Lipinski definition) is 2. The van der Waals surface area contributed by atoms with Gasteiger partial charge in [-0.2, -0.15) is 0 Å². The molecule has 7 heteroatoms. The zero-order chi connectivity index (χ0) is 16.8. The van der Waals surface area contributed by atoms with Crippen molar-refractivity contribution in [2.75, 3.05) is 0 Å². The van der Waals surface area contributed by atoms with Gasteiger partial charge in [0.2, 0.25) is 0 Å². The van der Waals surface area contributed by atoms with Gasteiger partial charge in [-0.25, -0.2) is 18.6 Å². The van der Waals surface area contributed by atoms with Crippen LogP contribution in [0.2, 0.25) is 5.02 Å². The number of rotatable bonds is 2. The Morgan fingerprint density at radius 2 is 1.79 bits per heavy atom. The summed E-state index contributed by atoms with van der Waals surface area (Å²) in [6.45, 7) is 0. The molecule has 0 aliphatic rings. The van der Waals surface area contributed by atoms with Gasteiger partial charge in [-0.15, -0.1) is 0 Å². The van der Waals surface area contributed by atoms with Gasteiger partial charge < -0.3 is 4.98 Å². The van der Waals surface area contributed by atoms with E-state index in [1.54, 1.807) is 30.3 Å². The van der Waals surface area contributed by atoms with Crippen molar-refractivity contribution in [3.8, 4) is 11.1 Å². The van der Waals surface area contributed by atoms with Gasteiger partial charge >= 0.3 is 5.69 Å². The Kier molecular flexibility index (Phi) is 3.35. The van der Waals surface area contributed by atoms with E-state index in [1.807, 2.05) is 0 Å². The minimum atomic E-state index is -2.51. The smallest absolute Gasteiger partial charge is 0.304 e. The van der Waals surface area contributed by atoms with Gasteiger partial charge in [0.05, 0.1) is 16.1 Å². The number of imidazole rings is 1. The molecule has 0 saturated carbocycles. The van der Waals surface area contributed by atoms with Gasteiger partial charge in [-0.3, -0.25) is 4.98 Å². The third kappa shape index (κ3) is 2.35. The van der Waals surface area contributed by atoms with Crippen molar-refractivity contribution in [3.05, 3.63) is 63.5 Å². The van der Waals surface area contributed by atoms with Crippen LogP contribution in [0.1, 0.15) is 12.0 Å². The lowest BCUT2D eigenvalue weighted by molar-refractivity contribution is 0.151. The summed E-state index contributed by atoms with van der Waals surface area (Å²) in [6, 6.07) is 11.3. The second-order valence-electron chi connectivity index (χ2n) is 5.38. The molecule has 24 heavy (non-hydrogen) atoms. The molecule has 2 aromatic heterocycles. The standard InChI is InChI=1S/C17H10ClF2N3O/c18-14-10(8-1-3-9(4-2-8)15(19)20)5-6-12-11(14)7-13-16(21-12)23-17(24)22-13/h1-7,15H,(H2,21,22,23,24). The van der Waals surface area contributed by atoms with Gasteiger partial charge in [0.25, 0.3) is 6.43 Å². The molecule has 0 amide bonds. The Balaban J connectivity index is 1.91. The molecule has 0 spiro atoms. The molecule has 2 N–H and O–H groups in total. The molecule has 4 rings (SSSR count). The first-order chi connectivity index (χ1) is 11.5. The second kappa shape index (κ2) is 5.42. The number of benzene rings is 2. The summed E-state index contributed by atoms with van der Waals surface area (Å²) in [5.41, 5.74) is 2.71. The molecule has 0 saturated heterocycles. The zero-order valence-corrected chi connectivity index (χ0v) is 12.9. The molecule has 120 valence electrons. The highest BCUT2D eigenvalue weighted by Gasteiger charge is 2.12. The number of H-pyrrole nitrogens is 2. The van der Waals surface area contributed by atoms with Crippen LogP contribution in [0.5, 0.6) is 0 Å². The van der Waals surface area contributed by atoms with E-state index in [2.05, 4.69) is 15.0 Å². The summed E-state index contributed by atoms with van der Waals surface area (Å²) < 4.78 is 25.3. The molecule has 0 atom stereocenters. The van der Waals surface area contributed by atoms with Crippen molar-refractivity contribution in [2.24, 2.45) is 0 Å². The number of nitrogens with zero attached hydrogens (tertiary/aromatic N) is 1. The fourth-order valence-corrected chi connectivity index (χ4v) is 3.02. The summed E-state index contributed by atoms with van der Waals surface area (Å²) in [5.74, 6) is 0. The second-order valence-corrected chi connectivity index (χ2v) is 5.76. The molecular formula is C17H10ClF2N3O. The van der Waals surface area contributed by atoms with E-state index in [0.717, 1.165) is 5.56 Å². The number of hydrogen-bond donors (Lipinski definition) is 2. The Bertz CT molecular complexity index is 1120. The lowest BCUT2D eigenvalue weighted by Gasteiger charge is -2.09. The number of pyridine rings is 1. The van der Waals surface area contributed by atoms with Gasteiger partial charge in [-0.1, -0.05) is 41.9 Å². The number of aromatic nitrogens is 3. The predicted molar refractivity (Wildman–Crippen MR) is 89.6 cm³/mol. The summed E-state index contributed by atoms with van der Waals surface area (Å²) in [7, 11) is 0. The monoisotopic (exact) mass is 345 g/mol. The fourth-order valence-electron chi connectivity index (χ4n) is 2.69. The van der Waals surface area contributed by atoms with Crippen LogP contribution in [0.4, 0.5) is 8.78 Å². The first-order valence-corrected chi connectivity index (χ1v) is 7.50. The van der Waals surface area contributed by atoms with E-state index in [4.69, 9.17) is 11.6 Å². The normalized spacial score (nSPS) is 11.7. The number of fused-ring (bicyclic) bond motifs is 2. The lowest BCUT2D eigenvalue weighted by Crippen LogP contribution is -1.99. The molecule has 0 radical (unpaired) electrons. The molecule has 0 aliphatic heterocycles. The average Bonchev–Trinajstić information content (AvgIpc) is 2.93. The van der Waals surface area contributed by atoms with Crippen molar-refractivity contribution < 1.29 is 8.78 Å². The molecule has 4 nitrogen and oxygen atoms in total. The molecule has 0 fully saturated rings. The first-order valence-electron chi connectivity index (χ1n) is 7.12. The number of nitrogens with one attached hydrogen (secondary N) is 2. The fraction of sp³-hybridized carbons (Fsp3) is 0.0588. The lowest BCUT2D eigenvalue weighted by atomic mass is 10.0. The maximum atomic E-state index is 12.7. The third-order valence-corrected chi connectivity index (χ3v) is 4.29. The molecule has 4 aromatic rings. The maximum Gasteiger partial charge on any atom is 0.325 e. The zero-order valence-electron chi connectivity index (χ0n) is 12.1. The van der Waals surface area contributed by atoms with Crippen molar-refractivity contribution in [2.45, 2.75) is 6.43 Å². The van der Waals surface area contributed by atoms with Crippen molar-refractivity contribution in [3.63, 3.8) is 0 Å². The van der Waals surface area contributed by atoms with E-state index in [9.17, 15) is 13.6 Å². The Morgan fingerprint density at radius 3 is 2.50 bits per heavy atom. The van der Waals surface area contributed by atoms with Crippen LogP contribution >= 0.6 is 11.6 Å². The summed E-state index contributed by atoms with van der Waals surface area (Å²) >= 11 is 6.50. The van der Waals surface area contributed by atoms with Gasteiger partial charge in [0, 0.05) is 16.5 Å². The van der Waals surface area contributed by atoms with Crippen LogP contribution < -0.4 is 5.69 Å². The Morgan fingerprint density at radius 1 is 1.04 bits per heavy atom. The highest BCUT2D eigenvalue weighted by molar-refractivity contribution is 6.38. The number of halogens is 3. The van der Waals surface area contributed by atoms with E-state index < -0.39 is 6.43 Å². The third-order valence-electron chi connectivity index (χ3n) is 3.89. The van der Waals surface area contributed by atoms with Crippen molar-refractivity contribution >= 4 is 33.7 Å². The molecule has 0 aliphatic carbocycles. The van der Waals surface area contributed by atoms with Crippen LogP contribution in [0.3, 0.4) is 0 Å². The van der Waals surface area contributed by atoms with Crippen molar-refractivity contribution in [1.29, 1.82) is 0 Å². The summed E-state index contributed by atoms with van der Waals surface area (Å²) in [5, 5.41) is 1.13. The Labute approximate surface area is 139 Å². The van der Waals surface area contributed by atoms with Crippen molar-refractivity contribution in [1.82, 2.24) is 15.0 Å². The van der Waals surface area contributed by atoms with Crippen LogP contribution in [0.15, 0.2) is 47.3 Å². The van der Waals surface area contributed by atoms with Gasteiger partial charge in [-0.05, 0) is 17.7 Å². The molecule has 0 bridgehead atoms. The number of aromatic amines is 2. The van der Waals surface area contributed by atoms with E-state index in [1.165, 1.54) is 12.1 Å². The summed E-state index contributed by atoms with van der Waals surface area (Å²) in [6.07, 6.45) is -2.51. The predicted octanol–water partition coefficient (Wildman–Crippen LogP) is 4.66.